The fraction of sp³-hybridized carbons (Fsp3) is 0.429. The number of nitrogens with one attached hydrogen (secondary N) is 1. The summed E-state index contributed by atoms with van der Waals surface area (Å²) in [6.07, 6.45) is 0.971. The van der Waals surface area contributed by atoms with Crippen molar-refractivity contribution in [1.29, 1.82) is 0 Å². The van der Waals surface area contributed by atoms with Crippen LogP contribution in [0.4, 0.5) is 5.13 Å². The van der Waals surface area contributed by atoms with E-state index >= 15 is 0 Å². The molecule has 0 aliphatic carbocycles. The predicted octanol–water partition coefficient (Wildman–Crippen LogP) is 3.59. The van der Waals surface area contributed by atoms with E-state index in [4.69, 9.17) is 0 Å². The van der Waals surface area contributed by atoms with Crippen LogP contribution in [0.5, 0.6) is 0 Å². The Morgan fingerprint density at radius 3 is 2.56 bits per heavy atom. The molecule has 18 heavy (non-hydrogen) atoms. The van der Waals surface area contributed by atoms with Crippen molar-refractivity contribution < 1.29 is 0 Å². The lowest BCUT2D eigenvalue weighted by Crippen LogP contribution is -2.33. The molecule has 2 rings (SSSR count). The fourth-order valence-corrected chi connectivity index (χ4v) is 2.72. The minimum atomic E-state index is -0.0297. The number of rotatable bonds is 4. The van der Waals surface area contributed by atoms with Crippen LogP contribution in [0.1, 0.15) is 30.8 Å². The van der Waals surface area contributed by atoms with Crippen LogP contribution in [0.25, 0.3) is 0 Å². The number of hydrogen-bond donors (Lipinski definition) is 1. The molecule has 4 heteroatoms. The van der Waals surface area contributed by atoms with Crippen LogP contribution >= 0.6 is 11.5 Å². The maximum atomic E-state index is 4.36. The van der Waals surface area contributed by atoms with E-state index in [0.717, 1.165) is 17.4 Å². The third kappa shape index (κ3) is 3.29. The smallest absolute Gasteiger partial charge is 0.202 e. The molecule has 3 nitrogen and oxygen atoms in total. The number of anilines is 1. The molecule has 96 valence electrons. The van der Waals surface area contributed by atoms with Crippen molar-refractivity contribution >= 4 is 16.7 Å². The highest BCUT2D eigenvalue weighted by molar-refractivity contribution is 7.09. The summed E-state index contributed by atoms with van der Waals surface area (Å²) in [4.78, 5) is 4.36. The molecule has 2 aromatic rings. The molecule has 1 aromatic heterocycles. The second kappa shape index (κ2) is 5.06. The number of benzene rings is 1. The van der Waals surface area contributed by atoms with Gasteiger partial charge in [-0.3, -0.25) is 0 Å². The van der Waals surface area contributed by atoms with E-state index in [1.165, 1.54) is 22.7 Å². The van der Waals surface area contributed by atoms with Crippen LogP contribution < -0.4 is 5.32 Å². The summed E-state index contributed by atoms with van der Waals surface area (Å²) < 4.78 is 4.19. The first-order chi connectivity index (χ1) is 8.46. The summed E-state index contributed by atoms with van der Waals surface area (Å²) in [5.41, 5.74) is 2.68. The highest BCUT2D eigenvalue weighted by atomic mass is 32.1. The number of aryl methyl sites for hydroxylation is 2. The quantitative estimate of drug-likeness (QED) is 0.914. The molecule has 0 aliphatic rings. The van der Waals surface area contributed by atoms with Crippen molar-refractivity contribution in [3.05, 3.63) is 41.2 Å². The van der Waals surface area contributed by atoms with Crippen molar-refractivity contribution in [3.8, 4) is 0 Å². The topological polar surface area (TPSA) is 37.8 Å². The van der Waals surface area contributed by atoms with E-state index in [1.54, 1.807) is 0 Å². The van der Waals surface area contributed by atoms with Crippen LogP contribution in [-0.4, -0.2) is 14.9 Å². The zero-order valence-electron chi connectivity index (χ0n) is 11.3. The third-order valence-corrected chi connectivity index (χ3v) is 3.59. The molecule has 0 saturated heterocycles. The Balaban J connectivity index is 2.10. The van der Waals surface area contributed by atoms with Gasteiger partial charge in [0.25, 0.3) is 0 Å². The maximum Gasteiger partial charge on any atom is 0.202 e. The molecule has 1 aromatic carbocycles. The van der Waals surface area contributed by atoms with Crippen molar-refractivity contribution in [1.82, 2.24) is 9.36 Å². The van der Waals surface area contributed by atoms with Gasteiger partial charge in [-0.2, -0.15) is 4.37 Å². The second-order valence-corrected chi connectivity index (χ2v) is 6.01. The number of nitrogens with zero attached hydrogens (tertiary/aromatic N) is 2. The molecule has 0 fully saturated rings. The van der Waals surface area contributed by atoms with Crippen LogP contribution in [0.2, 0.25) is 0 Å². The summed E-state index contributed by atoms with van der Waals surface area (Å²) in [7, 11) is 0. The lowest BCUT2D eigenvalue weighted by Gasteiger charge is -2.26. The Labute approximate surface area is 112 Å². The average molecular weight is 261 g/mol. The molecule has 0 atom stereocenters. The Morgan fingerprint density at radius 2 is 1.94 bits per heavy atom. The van der Waals surface area contributed by atoms with Gasteiger partial charge in [-0.05, 0) is 45.2 Å². The van der Waals surface area contributed by atoms with Gasteiger partial charge in [-0.15, -0.1) is 0 Å². The van der Waals surface area contributed by atoms with Crippen molar-refractivity contribution in [2.45, 2.75) is 39.7 Å². The van der Waals surface area contributed by atoms with E-state index < -0.39 is 0 Å². The maximum absolute atomic E-state index is 4.36. The van der Waals surface area contributed by atoms with Crippen molar-refractivity contribution in [2.24, 2.45) is 0 Å². The minimum Gasteiger partial charge on any atom is -0.355 e. The van der Waals surface area contributed by atoms with E-state index in [9.17, 15) is 0 Å². The summed E-state index contributed by atoms with van der Waals surface area (Å²) in [5, 5.41) is 4.35. The molecule has 0 unspecified atom stereocenters. The zero-order valence-corrected chi connectivity index (χ0v) is 12.1. The van der Waals surface area contributed by atoms with Crippen LogP contribution in [0.3, 0.4) is 0 Å². The third-order valence-electron chi connectivity index (χ3n) is 2.87. The lowest BCUT2D eigenvalue weighted by atomic mass is 9.92. The van der Waals surface area contributed by atoms with Gasteiger partial charge >= 0.3 is 0 Å². The average Bonchev–Trinajstić information content (AvgIpc) is 2.66. The summed E-state index contributed by atoms with van der Waals surface area (Å²) in [6.45, 7) is 8.45. The van der Waals surface area contributed by atoms with E-state index in [0.29, 0.717) is 0 Å². The first-order valence-corrected chi connectivity index (χ1v) is 6.87. The molecule has 0 spiro atoms. The molecule has 0 bridgehead atoms. The number of hydrogen-bond acceptors (Lipinski definition) is 4. The van der Waals surface area contributed by atoms with E-state index in [-0.39, 0.29) is 5.54 Å². The summed E-state index contributed by atoms with van der Waals surface area (Å²) >= 11 is 1.42. The molecule has 0 saturated carbocycles. The highest BCUT2D eigenvalue weighted by Gasteiger charge is 2.20. The number of aromatic nitrogens is 2. The molecule has 1 heterocycles. The summed E-state index contributed by atoms with van der Waals surface area (Å²) in [5.74, 6) is 0.828. The van der Waals surface area contributed by atoms with Gasteiger partial charge in [0.15, 0.2) is 0 Å². The van der Waals surface area contributed by atoms with Gasteiger partial charge < -0.3 is 5.32 Å². The molecule has 1 N–H and O–H groups in total. The monoisotopic (exact) mass is 261 g/mol. The predicted molar refractivity (Wildman–Crippen MR) is 77.2 cm³/mol. The van der Waals surface area contributed by atoms with Gasteiger partial charge in [0.1, 0.15) is 5.82 Å². The molecule has 0 aliphatic heterocycles. The van der Waals surface area contributed by atoms with Crippen molar-refractivity contribution in [2.75, 3.05) is 5.32 Å². The second-order valence-electron chi connectivity index (χ2n) is 5.26. The minimum absolute atomic E-state index is 0.0297. The molecule has 0 radical (unpaired) electrons. The Morgan fingerprint density at radius 1 is 1.22 bits per heavy atom. The van der Waals surface area contributed by atoms with Crippen LogP contribution in [0, 0.1) is 13.8 Å². The van der Waals surface area contributed by atoms with Crippen LogP contribution in [0.15, 0.2) is 24.3 Å². The Kier molecular flexibility index (Phi) is 3.66. The van der Waals surface area contributed by atoms with Crippen LogP contribution in [-0.2, 0) is 6.42 Å². The molecular formula is C14H19N3S. The highest BCUT2D eigenvalue weighted by Crippen LogP contribution is 2.22. The molecular weight excluding hydrogens is 242 g/mol. The van der Waals surface area contributed by atoms with Gasteiger partial charge in [0, 0.05) is 17.1 Å². The Bertz CT molecular complexity index is 531. The van der Waals surface area contributed by atoms with Gasteiger partial charge in [-0.1, -0.05) is 24.3 Å². The van der Waals surface area contributed by atoms with E-state index in [1.807, 2.05) is 6.92 Å². The Hall–Kier alpha value is -1.42. The fourth-order valence-electron chi connectivity index (χ4n) is 1.97. The lowest BCUT2D eigenvalue weighted by molar-refractivity contribution is 0.562. The largest absolute Gasteiger partial charge is 0.355 e. The van der Waals surface area contributed by atoms with Gasteiger partial charge in [0.05, 0.1) is 0 Å². The molecule has 0 amide bonds. The van der Waals surface area contributed by atoms with Gasteiger partial charge in [-0.25, -0.2) is 4.98 Å². The van der Waals surface area contributed by atoms with Gasteiger partial charge in [0.2, 0.25) is 5.13 Å². The summed E-state index contributed by atoms with van der Waals surface area (Å²) in [6, 6.07) is 8.51. The normalized spacial score (nSPS) is 11.6. The first-order valence-electron chi connectivity index (χ1n) is 6.09. The standard InChI is InChI=1S/C14H19N3S/c1-10-7-5-6-8-12(10)9-14(3,4)16-13-15-11(2)17-18-13/h5-8H,9H2,1-4H3,(H,15,16,17). The first kappa shape index (κ1) is 13.0. The zero-order chi connectivity index (χ0) is 13.2. The SMILES string of the molecule is Cc1nsc(NC(C)(C)Cc2ccccc2C)n1. The van der Waals surface area contributed by atoms with Crippen molar-refractivity contribution in [3.63, 3.8) is 0 Å². The van der Waals surface area contributed by atoms with E-state index in [2.05, 4.69) is 59.7 Å².